The number of fused-ring (bicyclic) bond motifs is 1. The maximum Gasteiger partial charge on any atom is 0.161 e. The van der Waals surface area contributed by atoms with Crippen LogP contribution in [0.1, 0.15) is 19.4 Å². The lowest BCUT2D eigenvalue weighted by Crippen LogP contribution is -2.27. The Kier molecular flexibility index (Phi) is 3.67. The molecule has 1 aromatic rings. The molecule has 16 heavy (non-hydrogen) atoms. The van der Waals surface area contributed by atoms with Gasteiger partial charge in [0.15, 0.2) is 11.5 Å². The first-order chi connectivity index (χ1) is 7.79. The minimum atomic E-state index is 0.493. The van der Waals surface area contributed by atoms with E-state index in [-0.39, 0.29) is 0 Å². The molecule has 0 fully saturated rings. The largest absolute Gasteiger partial charge is 0.486 e. The summed E-state index contributed by atoms with van der Waals surface area (Å²) in [5, 5.41) is 3.40. The number of benzene rings is 1. The molecule has 0 bridgehead atoms. The molecule has 3 nitrogen and oxygen atoms in total. The highest BCUT2D eigenvalue weighted by Crippen LogP contribution is 2.30. The lowest BCUT2D eigenvalue weighted by molar-refractivity contribution is 0.171. The lowest BCUT2D eigenvalue weighted by Gasteiger charge is -2.19. The SMILES string of the molecule is CCNC(C)Cc1ccc2c(c1)OCCO2. The van der Waals surface area contributed by atoms with E-state index in [1.165, 1.54) is 5.56 Å². The maximum atomic E-state index is 5.56. The second kappa shape index (κ2) is 5.21. The fourth-order valence-electron chi connectivity index (χ4n) is 1.99. The molecule has 0 aliphatic carbocycles. The van der Waals surface area contributed by atoms with Gasteiger partial charge in [0.2, 0.25) is 0 Å². The molecule has 3 heteroatoms. The summed E-state index contributed by atoms with van der Waals surface area (Å²) < 4.78 is 11.1. The molecule has 1 aliphatic rings. The Morgan fingerprint density at radius 2 is 2.00 bits per heavy atom. The van der Waals surface area contributed by atoms with Gasteiger partial charge in [-0.05, 0) is 37.6 Å². The van der Waals surface area contributed by atoms with Gasteiger partial charge >= 0.3 is 0 Å². The molecule has 1 aromatic carbocycles. The Balaban J connectivity index is 2.05. The molecule has 1 aliphatic heterocycles. The summed E-state index contributed by atoms with van der Waals surface area (Å²) >= 11 is 0. The lowest BCUT2D eigenvalue weighted by atomic mass is 10.1. The van der Waals surface area contributed by atoms with Gasteiger partial charge in [0.1, 0.15) is 13.2 Å². The highest BCUT2D eigenvalue weighted by molar-refractivity contribution is 5.43. The molecule has 0 saturated heterocycles. The molecule has 2 rings (SSSR count). The van der Waals surface area contributed by atoms with E-state index >= 15 is 0 Å². The van der Waals surface area contributed by atoms with E-state index in [1.54, 1.807) is 0 Å². The summed E-state index contributed by atoms with van der Waals surface area (Å²) in [6.07, 6.45) is 1.02. The zero-order chi connectivity index (χ0) is 11.4. The smallest absolute Gasteiger partial charge is 0.161 e. The Morgan fingerprint density at radius 1 is 1.25 bits per heavy atom. The third kappa shape index (κ3) is 2.67. The van der Waals surface area contributed by atoms with Gasteiger partial charge in [-0.2, -0.15) is 0 Å². The molecule has 0 aromatic heterocycles. The summed E-state index contributed by atoms with van der Waals surface area (Å²) in [4.78, 5) is 0. The third-order valence-electron chi connectivity index (χ3n) is 2.70. The van der Waals surface area contributed by atoms with Crippen LogP contribution < -0.4 is 14.8 Å². The Bertz CT molecular complexity index is 352. The average molecular weight is 221 g/mol. The van der Waals surface area contributed by atoms with Crippen molar-refractivity contribution in [2.45, 2.75) is 26.3 Å². The van der Waals surface area contributed by atoms with Crippen molar-refractivity contribution in [1.29, 1.82) is 0 Å². The molecule has 1 heterocycles. The number of hydrogen-bond acceptors (Lipinski definition) is 3. The van der Waals surface area contributed by atoms with Crippen molar-refractivity contribution in [3.05, 3.63) is 23.8 Å². The molecule has 0 radical (unpaired) electrons. The summed E-state index contributed by atoms with van der Waals surface area (Å²) in [5.74, 6) is 1.75. The van der Waals surface area contributed by atoms with Crippen molar-refractivity contribution >= 4 is 0 Å². The molecule has 1 unspecified atom stereocenters. The Hall–Kier alpha value is -1.22. The van der Waals surface area contributed by atoms with Crippen molar-refractivity contribution in [2.24, 2.45) is 0 Å². The monoisotopic (exact) mass is 221 g/mol. The zero-order valence-corrected chi connectivity index (χ0v) is 9.95. The second-order valence-corrected chi connectivity index (χ2v) is 4.14. The summed E-state index contributed by atoms with van der Waals surface area (Å²) in [6.45, 7) is 6.63. The van der Waals surface area contributed by atoms with Crippen LogP contribution in [0.3, 0.4) is 0 Å². The van der Waals surface area contributed by atoms with E-state index in [1.807, 2.05) is 6.07 Å². The first-order valence-corrected chi connectivity index (χ1v) is 5.91. The molecule has 0 spiro atoms. The van der Waals surface area contributed by atoms with Crippen LogP contribution in [0.4, 0.5) is 0 Å². The highest BCUT2D eigenvalue weighted by atomic mass is 16.6. The topological polar surface area (TPSA) is 30.5 Å². The van der Waals surface area contributed by atoms with E-state index in [9.17, 15) is 0 Å². The van der Waals surface area contributed by atoms with E-state index in [0.29, 0.717) is 19.3 Å². The van der Waals surface area contributed by atoms with Crippen LogP contribution in [0.15, 0.2) is 18.2 Å². The maximum absolute atomic E-state index is 5.56. The van der Waals surface area contributed by atoms with E-state index in [2.05, 4.69) is 31.3 Å². The molecular formula is C13H19NO2. The number of rotatable bonds is 4. The van der Waals surface area contributed by atoms with Gasteiger partial charge in [0, 0.05) is 6.04 Å². The van der Waals surface area contributed by atoms with Gasteiger partial charge in [0.05, 0.1) is 0 Å². The van der Waals surface area contributed by atoms with Crippen LogP contribution in [0.2, 0.25) is 0 Å². The van der Waals surface area contributed by atoms with Crippen LogP contribution in [-0.4, -0.2) is 25.8 Å². The standard InChI is InChI=1S/C13H19NO2/c1-3-14-10(2)8-11-4-5-12-13(9-11)16-7-6-15-12/h4-5,9-10,14H,3,6-8H2,1-2H3. The van der Waals surface area contributed by atoms with E-state index in [4.69, 9.17) is 9.47 Å². The van der Waals surface area contributed by atoms with Crippen LogP contribution in [0, 0.1) is 0 Å². The fraction of sp³-hybridized carbons (Fsp3) is 0.538. The summed E-state index contributed by atoms with van der Waals surface area (Å²) in [5.41, 5.74) is 1.29. The molecule has 0 saturated carbocycles. The fourth-order valence-corrected chi connectivity index (χ4v) is 1.99. The van der Waals surface area contributed by atoms with Crippen molar-refractivity contribution in [3.8, 4) is 11.5 Å². The second-order valence-electron chi connectivity index (χ2n) is 4.14. The minimum absolute atomic E-state index is 0.493. The van der Waals surface area contributed by atoms with Crippen LogP contribution >= 0.6 is 0 Å². The van der Waals surface area contributed by atoms with E-state index in [0.717, 1.165) is 24.5 Å². The van der Waals surface area contributed by atoms with Crippen LogP contribution in [0.25, 0.3) is 0 Å². The summed E-state index contributed by atoms with van der Waals surface area (Å²) in [6, 6.07) is 6.69. The average Bonchev–Trinajstić information content (AvgIpc) is 2.29. The molecule has 0 amide bonds. The van der Waals surface area contributed by atoms with Crippen molar-refractivity contribution < 1.29 is 9.47 Å². The van der Waals surface area contributed by atoms with Gasteiger partial charge in [-0.1, -0.05) is 13.0 Å². The molecule has 1 atom stereocenters. The van der Waals surface area contributed by atoms with E-state index < -0.39 is 0 Å². The minimum Gasteiger partial charge on any atom is -0.486 e. The molecule has 1 N–H and O–H groups in total. The Labute approximate surface area is 96.8 Å². The molecule has 88 valence electrons. The third-order valence-corrected chi connectivity index (χ3v) is 2.70. The van der Waals surface area contributed by atoms with Crippen LogP contribution in [-0.2, 0) is 6.42 Å². The summed E-state index contributed by atoms with van der Waals surface area (Å²) in [7, 11) is 0. The first-order valence-electron chi connectivity index (χ1n) is 5.91. The van der Waals surface area contributed by atoms with Crippen molar-refractivity contribution in [2.75, 3.05) is 19.8 Å². The molecular weight excluding hydrogens is 202 g/mol. The van der Waals surface area contributed by atoms with Crippen molar-refractivity contribution in [1.82, 2.24) is 5.32 Å². The van der Waals surface area contributed by atoms with Gasteiger partial charge in [0.25, 0.3) is 0 Å². The Morgan fingerprint density at radius 3 is 2.75 bits per heavy atom. The first kappa shape index (κ1) is 11.3. The number of ether oxygens (including phenoxy) is 2. The van der Waals surface area contributed by atoms with Gasteiger partial charge in [-0.15, -0.1) is 0 Å². The predicted molar refractivity (Wildman–Crippen MR) is 64.3 cm³/mol. The number of hydrogen-bond donors (Lipinski definition) is 1. The van der Waals surface area contributed by atoms with Gasteiger partial charge < -0.3 is 14.8 Å². The highest BCUT2D eigenvalue weighted by Gasteiger charge is 2.12. The number of nitrogens with one attached hydrogen (secondary N) is 1. The van der Waals surface area contributed by atoms with Gasteiger partial charge in [-0.25, -0.2) is 0 Å². The number of likely N-dealkylation sites (N-methyl/N-ethyl adjacent to an activating group) is 1. The van der Waals surface area contributed by atoms with Crippen LogP contribution in [0.5, 0.6) is 11.5 Å². The van der Waals surface area contributed by atoms with Crippen molar-refractivity contribution in [3.63, 3.8) is 0 Å². The predicted octanol–water partition coefficient (Wildman–Crippen LogP) is 2.00. The zero-order valence-electron chi connectivity index (χ0n) is 9.95. The normalized spacial score (nSPS) is 15.9. The van der Waals surface area contributed by atoms with Gasteiger partial charge in [-0.3, -0.25) is 0 Å². The quantitative estimate of drug-likeness (QED) is 0.843.